The highest BCUT2D eigenvalue weighted by Crippen LogP contribution is 2.20. The van der Waals surface area contributed by atoms with Gasteiger partial charge < -0.3 is 15.0 Å². The Morgan fingerprint density at radius 2 is 1.67 bits per heavy atom. The van der Waals surface area contributed by atoms with Gasteiger partial charge in [0.2, 0.25) is 0 Å². The molecule has 1 N–H and O–H groups in total. The molecule has 18 heavy (non-hydrogen) atoms. The predicted octanol–water partition coefficient (Wildman–Crippen LogP) is 2.41. The van der Waals surface area contributed by atoms with Crippen LogP contribution < -0.4 is 5.32 Å². The van der Waals surface area contributed by atoms with Gasteiger partial charge in [-0.15, -0.1) is 0 Å². The molecule has 3 heteroatoms. The third kappa shape index (κ3) is 4.87. The van der Waals surface area contributed by atoms with Crippen molar-refractivity contribution in [1.82, 2.24) is 10.2 Å². The van der Waals surface area contributed by atoms with Crippen molar-refractivity contribution in [2.45, 2.75) is 63.5 Å². The number of likely N-dealkylation sites (N-methyl/N-ethyl adjacent to an activating group) is 1. The Hall–Kier alpha value is -0.120. The van der Waals surface area contributed by atoms with Crippen molar-refractivity contribution in [1.29, 1.82) is 0 Å². The van der Waals surface area contributed by atoms with Crippen molar-refractivity contribution >= 4 is 0 Å². The fraction of sp³-hybridized carbons (Fsp3) is 1.00. The standard InChI is InChI=1S/C15H30N2O/c1-17(14-6-4-2-3-5-7-14)12-13-18-15-8-10-16-11-9-15/h14-16H,2-13H2,1H3. The Morgan fingerprint density at radius 1 is 1.00 bits per heavy atom. The average molecular weight is 254 g/mol. The monoisotopic (exact) mass is 254 g/mol. The van der Waals surface area contributed by atoms with E-state index in [1.54, 1.807) is 0 Å². The summed E-state index contributed by atoms with van der Waals surface area (Å²) in [6.07, 6.45) is 11.4. The lowest BCUT2D eigenvalue weighted by atomic mass is 10.1. The summed E-state index contributed by atoms with van der Waals surface area (Å²) in [7, 11) is 2.28. The average Bonchev–Trinajstić information content (AvgIpc) is 2.69. The number of hydrogen-bond acceptors (Lipinski definition) is 3. The first-order valence-corrected chi connectivity index (χ1v) is 7.89. The van der Waals surface area contributed by atoms with Gasteiger partial charge in [-0.1, -0.05) is 25.7 Å². The first kappa shape index (κ1) is 14.3. The van der Waals surface area contributed by atoms with E-state index in [-0.39, 0.29) is 0 Å². The number of nitrogens with one attached hydrogen (secondary N) is 1. The summed E-state index contributed by atoms with van der Waals surface area (Å²) in [5.74, 6) is 0. The zero-order valence-corrected chi connectivity index (χ0v) is 12.0. The van der Waals surface area contributed by atoms with Crippen molar-refractivity contribution in [3.63, 3.8) is 0 Å². The van der Waals surface area contributed by atoms with E-state index in [0.29, 0.717) is 6.10 Å². The van der Waals surface area contributed by atoms with E-state index in [0.717, 1.165) is 32.3 Å². The summed E-state index contributed by atoms with van der Waals surface area (Å²) >= 11 is 0. The third-order valence-corrected chi connectivity index (χ3v) is 4.53. The molecule has 3 nitrogen and oxygen atoms in total. The SMILES string of the molecule is CN(CCOC1CCNCC1)C1CCCCCC1. The van der Waals surface area contributed by atoms with Crippen molar-refractivity contribution < 1.29 is 4.74 Å². The van der Waals surface area contributed by atoms with Gasteiger partial charge in [-0.25, -0.2) is 0 Å². The van der Waals surface area contributed by atoms with Gasteiger partial charge in [0.15, 0.2) is 0 Å². The molecule has 1 aliphatic carbocycles. The number of nitrogens with zero attached hydrogens (tertiary/aromatic N) is 1. The van der Waals surface area contributed by atoms with Gasteiger partial charge in [0.1, 0.15) is 0 Å². The molecule has 0 atom stereocenters. The molecule has 2 fully saturated rings. The van der Waals surface area contributed by atoms with Crippen LogP contribution in [0.25, 0.3) is 0 Å². The van der Waals surface area contributed by atoms with Crippen molar-refractivity contribution in [2.24, 2.45) is 0 Å². The van der Waals surface area contributed by atoms with Gasteiger partial charge in [-0.05, 0) is 45.8 Å². The minimum absolute atomic E-state index is 0.508. The Morgan fingerprint density at radius 3 is 2.33 bits per heavy atom. The topological polar surface area (TPSA) is 24.5 Å². The number of ether oxygens (including phenoxy) is 1. The van der Waals surface area contributed by atoms with Crippen LogP contribution in [0.2, 0.25) is 0 Å². The molecule has 0 amide bonds. The molecule has 1 saturated carbocycles. The van der Waals surface area contributed by atoms with E-state index < -0.39 is 0 Å². The van der Waals surface area contributed by atoms with Crippen molar-refractivity contribution in [3.05, 3.63) is 0 Å². The van der Waals surface area contributed by atoms with Crippen LogP contribution in [-0.4, -0.2) is 50.3 Å². The van der Waals surface area contributed by atoms with Crippen LogP contribution in [0.15, 0.2) is 0 Å². The second-order valence-electron chi connectivity index (χ2n) is 5.95. The summed E-state index contributed by atoms with van der Waals surface area (Å²) in [5.41, 5.74) is 0. The molecule has 2 rings (SSSR count). The first-order chi connectivity index (χ1) is 8.86. The summed E-state index contributed by atoms with van der Waals surface area (Å²) in [6.45, 7) is 4.28. The molecule has 1 saturated heterocycles. The molecule has 1 aliphatic heterocycles. The Balaban J connectivity index is 1.59. The molecule has 0 aromatic rings. The maximum Gasteiger partial charge on any atom is 0.0600 e. The van der Waals surface area contributed by atoms with E-state index in [9.17, 15) is 0 Å². The summed E-state index contributed by atoms with van der Waals surface area (Å²) < 4.78 is 5.99. The lowest BCUT2D eigenvalue weighted by Gasteiger charge is -2.28. The van der Waals surface area contributed by atoms with Crippen molar-refractivity contribution in [2.75, 3.05) is 33.3 Å². The molecule has 0 unspecified atom stereocenters. The van der Waals surface area contributed by atoms with Gasteiger partial charge >= 0.3 is 0 Å². The molecular formula is C15H30N2O. The molecule has 106 valence electrons. The fourth-order valence-electron chi connectivity index (χ4n) is 3.21. The van der Waals surface area contributed by atoms with Crippen LogP contribution in [0.3, 0.4) is 0 Å². The van der Waals surface area contributed by atoms with Crippen LogP contribution in [-0.2, 0) is 4.74 Å². The molecule has 1 heterocycles. The molecule has 0 radical (unpaired) electrons. The van der Waals surface area contributed by atoms with E-state index in [2.05, 4.69) is 17.3 Å². The van der Waals surface area contributed by atoms with Crippen LogP contribution in [0.4, 0.5) is 0 Å². The van der Waals surface area contributed by atoms with Gasteiger partial charge in [0, 0.05) is 12.6 Å². The second-order valence-corrected chi connectivity index (χ2v) is 5.95. The second kappa shape index (κ2) is 8.13. The number of hydrogen-bond donors (Lipinski definition) is 1. The number of piperidine rings is 1. The summed E-state index contributed by atoms with van der Waals surface area (Å²) in [5, 5.41) is 3.38. The van der Waals surface area contributed by atoms with Gasteiger partial charge in [0.05, 0.1) is 12.7 Å². The Bertz CT molecular complexity index is 209. The van der Waals surface area contributed by atoms with Crippen LogP contribution >= 0.6 is 0 Å². The van der Waals surface area contributed by atoms with E-state index in [4.69, 9.17) is 4.74 Å². The van der Waals surface area contributed by atoms with Gasteiger partial charge in [-0.2, -0.15) is 0 Å². The highest BCUT2D eigenvalue weighted by Gasteiger charge is 2.17. The first-order valence-electron chi connectivity index (χ1n) is 7.89. The van der Waals surface area contributed by atoms with Gasteiger partial charge in [-0.3, -0.25) is 0 Å². The maximum atomic E-state index is 5.99. The Labute approximate surface area is 112 Å². The smallest absolute Gasteiger partial charge is 0.0600 e. The van der Waals surface area contributed by atoms with E-state index in [1.807, 2.05) is 0 Å². The zero-order valence-electron chi connectivity index (χ0n) is 12.0. The summed E-state index contributed by atoms with van der Waals surface area (Å²) in [6, 6.07) is 0.809. The predicted molar refractivity (Wildman–Crippen MR) is 76.0 cm³/mol. The van der Waals surface area contributed by atoms with Crippen molar-refractivity contribution in [3.8, 4) is 0 Å². The minimum Gasteiger partial charge on any atom is -0.377 e. The lowest BCUT2D eigenvalue weighted by Crippen LogP contribution is -2.37. The van der Waals surface area contributed by atoms with Crippen LogP contribution in [0.1, 0.15) is 51.4 Å². The van der Waals surface area contributed by atoms with Gasteiger partial charge in [0.25, 0.3) is 0 Å². The third-order valence-electron chi connectivity index (χ3n) is 4.53. The van der Waals surface area contributed by atoms with Crippen LogP contribution in [0.5, 0.6) is 0 Å². The maximum absolute atomic E-state index is 5.99. The quantitative estimate of drug-likeness (QED) is 0.763. The molecule has 0 spiro atoms. The Kier molecular flexibility index (Phi) is 6.46. The highest BCUT2D eigenvalue weighted by molar-refractivity contribution is 4.73. The zero-order chi connectivity index (χ0) is 12.6. The summed E-state index contributed by atoms with van der Waals surface area (Å²) in [4.78, 5) is 2.53. The molecular weight excluding hydrogens is 224 g/mol. The molecule has 0 aromatic heterocycles. The normalized spacial score (nSPS) is 24.3. The highest BCUT2D eigenvalue weighted by atomic mass is 16.5. The minimum atomic E-state index is 0.508. The lowest BCUT2D eigenvalue weighted by molar-refractivity contribution is 0.0173. The molecule has 2 aliphatic rings. The van der Waals surface area contributed by atoms with E-state index in [1.165, 1.54) is 51.4 Å². The molecule has 0 bridgehead atoms. The van der Waals surface area contributed by atoms with E-state index >= 15 is 0 Å². The number of rotatable bonds is 5. The molecule has 0 aromatic carbocycles. The fourth-order valence-corrected chi connectivity index (χ4v) is 3.21. The largest absolute Gasteiger partial charge is 0.377 e. The van der Waals surface area contributed by atoms with Crippen LogP contribution in [0, 0.1) is 0 Å².